The van der Waals surface area contributed by atoms with Gasteiger partial charge in [0.2, 0.25) is 19.7 Å². The van der Waals surface area contributed by atoms with Crippen molar-refractivity contribution in [3.05, 3.63) is 97.1 Å². The Morgan fingerprint density at radius 3 is 1.00 bits per heavy atom. The molecule has 252 valence electrons. The van der Waals surface area contributed by atoms with Crippen molar-refractivity contribution >= 4 is 19.7 Å². The van der Waals surface area contributed by atoms with Gasteiger partial charge in [0.25, 0.3) is 0 Å². The lowest BCUT2D eigenvalue weighted by Gasteiger charge is -2.13. The molecule has 0 radical (unpaired) electrons. The van der Waals surface area contributed by atoms with E-state index >= 15 is 0 Å². The summed E-state index contributed by atoms with van der Waals surface area (Å²) in [4.78, 5) is 0.711. The highest BCUT2D eigenvalue weighted by Crippen LogP contribution is 2.27. The van der Waals surface area contributed by atoms with Crippen molar-refractivity contribution in [2.45, 2.75) is 72.3 Å². The molecule has 4 aromatic carbocycles. The van der Waals surface area contributed by atoms with Gasteiger partial charge in [-0.15, -0.1) is 0 Å². The van der Waals surface area contributed by atoms with E-state index in [-0.39, 0.29) is 45.0 Å². The number of hydrogen-bond acceptors (Lipinski definition) is 9. The largest absolute Gasteiger partial charge is 0.491 e. The maximum Gasteiger partial charge on any atom is 0.206 e. The van der Waals surface area contributed by atoms with Crippen LogP contribution in [0.4, 0.5) is 0 Å². The standard InChI is InChI=1S/C36H42O9S2/c1-5-27(3)44-31-11-19-35(20-12-31)46(37,38)33-15-7-29(8-16-33)42-25-23-41-24-26-43-30-9-17-34(18-10-30)47(39,40)36-21-13-32(14-22-36)45-28(4)6-2/h7-22,27-28H,5-6,23-26H2,1-4H3. The summed E-state index contributed by atoms with van der Waals surface area (Å²) in [6.45, 7) is 9.09. The number of sulfone groups is 2. The third-order valence-electron chi connectivity index (χ3n) is 7.35. The first kappa shape index (κ1) is 35.8. The average molecular weight is 683 g/mol. The van der Waals surface area contributed by atoms with Crippen LogP contribution in [0, 0.1) is 0 Å². The number of benzene rings is 4. The molecule has 0 aliphatic carbocycles. The lowest BCUT2D eigenvalue weighted by molar-refractivity contribution is 0.0764. The highest BCUT2D eigenvalue weighted by atomic mass is 32.2. The van der Waals surface area contributed by atoms with Gasteiger partial charge in [-0.05, 0) is 124 Å². The molecule has 4 rings (SSSR count). The molecule has 0 N–H and O–H groups in total. The molecule has 0 saturated carbocycles. The van der Waals surface area contributed by atoms with Crippen molar-refractivity contribution < 1.29 is 40.5 Å². The predicted molar refractivity (Wildman–Crippen MR) is 179 cm³/mol. The summed E-state index contributed by atoms with van der Waals surface area (Å²) >= 11 is 0. The third kappa shape index (κ3) is 9.96. The summed E-state index contributed by atoms with van der Waals surface area (Å²) in [5, 5.41) is 0. The minimum atomic E-state index is -3.68. The summed E-state index contributed by atoms with van der Waals surface area (Å²) in [6, 6.07) is 25.3. The SMILES string of the molecule is CCC(C)Oc1ccc(S(=O)(=O)c2ccc(OCCOCCOc3ccc(S(=O)(=O)c4ccc(OC(C)CC)cc4)cc3)cc2)cc1. The van der Waals surface area contributed by atoms with E-state index in [4.69, 9.17) is 23.7 Å². The molecule has 0 amide bonds. The molecule has 9 nitrogen and oxygen atoms in total. The van der Waals surface area contributed by atoms with E-state index in [9.17, 15) is 16.8 Å². The van der Waals surface area contributed by atoms with Gasteiger partial charge in [-0.3, -0.25) is 0 Å². The lowest BCUT2D eigenvalue weighted by Crippen LogP contribution is -2.12. The molecule has 2 atom stereocenters. The van der Waals surface area contributed by atoms with Gasteiger partial charge in [0.1, 0.15) is 36.2 Å². The number of ether oxygens (including phenoxy) is 5. The predicted octanol–water partition coefficient (Wildman–Crippen LogP) is 7.18. The maximum atomic E-state index is 13.0. The van der Waals surface area contributed by atoms with Crippen molar-refractivity contribution in [2.24, 2.45) is 0 Å². The molecule has 0 heterocycles. The Bertz CT molecular complexity index is 1620. The molecular weight excluding hydrogens is 641 g/mol. The zero-order valence-electron chi connectivity index (χ0n) is 27.1. The molecule has 2 unspecified atom stereocenters. The van der Waals surface area contributed by atoms with E-state index in [1.165, 1.54) is 24.3 Å². The van der Waals surface area contributed by atoms with Crippen LogP contribution in [-0.4, -0.2) is 55.5 Å². The van der Waals surface area contributed by atoms with E-state index in [0.29, 0.717) is 36.2 Å². The van der Waals surface area contributed by atoms with Gasteiger partial charge in [0.05, 0.1) is 45.0 Å². The van der Waals surface area contributed by atoms with Crippen LogP contribution in [0.1, 0.15) is 40.5 Å². The second kappa shape index (κ2) is 16.7. The highest BCUT2D eigenvalue weighted by molar-refractivity contribution is 7.91. The summed E-state index contributed by atoms with van der Waals surface area (Å²) in [5.74, 6) is 2.30. The van der Waals surface area contributed by atoms with Gasteiger partial charge < -0.3 is 23.7 Å². The zero-order chi connectivity index (χ0) is 33.9. The van der Waals surface area contributed by atoms with E-state index < -0.39 is 19.7 Å². The zero-order valence-corrected chi connectivity index (χ0v) is 28.8. The molecule has 0 aliphatic heterocycles. The molecular formula is C36H42O9S2. The van der Waals surface area contributed by atoms with Crippen LogP contribution in [0.15, 0.2) is 117 Å². The monoisotopic (exact) mass is 682 g/mol. The Morgan fingerprint density at radius 2 is 0.723 bits per heavy atom. The van der Waals surface area contributed by atoms with Gasteiger partial charge in [0, 0.05) is 0 Å². The molecule has 11 heteroatoms. The molecule has 0 saturated heterocycles. The van der Waals surface area contributed by atoms with Gasteiger partial charge in [-0.25, -0.2) is 16.8 Å². The summed E-state index contributed by atoms with van der Waals surface area (Å²) in [7, 11) is -7.35. The third-order valence-corrected chi connectivity index (χ3v) is 10.9. The Hall–Kier alpha value is -4.06. The van der Waals surface area contributed by atoms with Crippen LogP contribution in [0.25, 0.3) is 0 Å². The fourth-order valence-electron chi connectivity index (χ4n) is 4.27. The Kier molecular flexibility index (Phi) is 12.7. The van der Waals surface area contributed by atoms with Crippen molar-refractivity contribution in [2.75, 3.05) is 26.4 Å². The van der Waals surface area contributed by atoms with Crippen LogP contribution in [0.3, 0.4) is 0 Å². The molecule has 0 aromatic heterocycles. The smallest absolute Gasteiger partial charge is 0.206 e. The number of hydrogen-bond donors (Lipinski definition) is 0. The van der Waals surface area contributed by atoms with Crippen LogP contribution in [0.2, 0.25) is 0 Å². The van der Waals surface area contributed by atoms with Crippen LogP contribution < -0.4 is 18.9 Å². The Morgan fingerprint density at radius 1 is 0.447 bits per heavy atom. The van der Waals surface area contributed by atoms with Crippen LogP contribution in [-0.2, 0) is 24.4 Å². The highest BCUT2D eigenvalue weighted by Gasteiger charge is 2.19. The van der Waals surface area contributed by atoms with Crippen LogP contribution in [0.5, 0.6) is 23.0 Å². The minimum Gasteiger partial charge on any atom is -0.491 e. The number of rotatable bonds is 18. The summed E-state index contributed by atoms with van der Waals surface area (Å²) in [5.41, 5.74) is 0. The summed E-state index contributed by atoms with van der Waals surface area (Å²) in [6.07, 6.45) is 1.81. The van der Waals surface area contributed by atoms with E-state index in [0.717, 1.165) is 12.8 Å². The minimum absolute atomic E-state index is 0.0491. The van der Waals surface area contributed by atoms with Crippen molar-refractivity contribution in [3.63, 3.8) is 0 Å². The molecule has 4 aromatic rings. The van der Waals surface area contributed by atoms with Gasteiger partial charge in [-0.1, -0.05) is 13.8 Å². The van der Waals surface area contributed by atoms with E-state index in [2.05, 4.69) is 0 Å². The van der Waals surface area contributed by atoms with Gasteiger partial charge in [0.15, 0.2) is 0 Å². The lowest BCUT2D eigenvalue weighted by atomic mass is 10.3. The van der Waals surface area contributed by atoms with Crippen molar-refractivity contribution in [1.29, 1.82) is 0 Å². The maximum absolute atomic E-state index is 13.0. The quantitative estimate of drug-likeness (QED) is 0.101. The Balaban J connectivity index is 1.16. The fourth-order valence-corrected chi connectivity index (χ4v) is 6.79. The van der Waals surface area contributed by atoms with E-state index in [1.54, 1.807) is 72.8 Å². The second-order valence-electron chi connectivity index (χ2n) is 10.9. The van der Waals surface area contributed by atoms with Crippen molar-refractivity contribution in [3.8, 4) is 23.0 Å². The Labute approximate surface area is 278 Å². The van der Waals surface area contributed by atoms with Gasteiger partial charge >= 0.3 is 0 Å². The molecule has 47 heavy (non-hydrogen) atoms. The van der Waals surface area contributed by atoms with Gasteiger partial charge in [-0.2, -0.15) is 0 Å². The normalized spacial score (nSPS) is 13.0. The molecule has 0 bridgehead atoms. The second-order valence-corrected chi connectivity index (χ2v) is 14.8. The first-order valence-corrected chi connectivity index (χ1v) is 18.6. The van der Waals surface area contributed by atoms with Crippen molar-refractivity contribution in [1.82, 2.24) is 0 Å². The first-order chi connectivity index (χ1) is 22.5. The molecule has 0 spiro atoms. The fraction of sp³-hybridized carbons (Fsp3) is 0.333. The topological polar surface area (TPSA) is 114 Å². The molecule has 0 fully saturated rings. The summed E-state index contributed by atoms with van der Waals surface area (Å²) < 4.78 is 80.5. The molecule has 0 aliphatic rings. The van der Waals surface area contributed by atoms with Crippen LogP contribution >= 0.6 is 0 Å². The average Bonchev–Trinajstić information content (AvgIpc) is 3.08. The first-order valence-electron chi connectivity index (χ1n) is 15.6. The van der Waals surface area contributed by atoms with E-state index in [1.807, 2.05) is 27.7 Å².